The number of aromatic nitrogens is 3. The molecule has 0 unspecified atom stereocenters. The van der Waals surface area contributed by atoms with Gasteiger partial charge in [0.05, 0.1) is 34.0 Å². The number of amides is 1. The zero-order chi connectivity index (χ0) is 25.2. The molecule has 11 heteroatoms. The van der Waals surface area contributed by atoms with Gasteiger partial charge in [-0.3, -0.25) is 0 Å². The van der Waals surface area contributed by atoms with Crippen molar-refractivity contribution in [2.24, 2.45) is 0 Å². The van der Waals surface area contributed by atoms with E-state index in [-0.39, 0.29) is 19.0 Å². The van der Waals surface area contributed by atoms with Crippen molar-refractivity contribution < 1.29 is 27.8 Å². The summed E-state index contributed by atoms with van der Waals surface area (Å²) in [6.07, 6.45) is 0.668. The minimum atomic E-state index is -2.98. The fourth-order valence-corrected chi connectivity index (χ4v) is 4.39. The molecule has 1 N–H and O–H groups in total. The first-order chi connectivity index (χ1) is 16.6. The molecule has 0 saturated heterocycles. The van der Waals surface area contributed by atoms with Crippen LogP contribution in [0, 0.1) is 6.92 Å². The summed E-state index contributed by atoms with van der Waals surface area (Å²) in [7, 11) is 0. The highest BCUT2D eigenvalue weighted by atomic mass is 32.1. The Balaban J connectivity index is 1.56. The number of alkyl halides is 2. The van der Waals surface area contributed by atoms with Crippen LogP contribution in [-0.2, 0) is 4.74 Å². The summed E-state index contributed by atoms with van der Waals surface area (Å²) in [6.45, 7) is 4.81. The zero-order valence-electron chi connectivity index (χ0n) is 19.6. The molecular formula is C24H24F2N4O4S. The van der Waals surface area contributed by atoms with Gasteiger partial charge in [0, 0.05) is 5.56 Å². The lowest BCUT2D eigenvalue weighted by molar-refractivity contribution is -0.0528. The number of carbonyl (C=O) groups is 1. The second-order valence-electron chi connectivity index (χ2n) is 8.67. The molecule has 4 aromatic rings. The van der Waals surface area contributed by atoms with Crippen molar-refractivity contribution in [3.8, 4) is 22.2 Å². The van der Waals surface area contributed by atoms with Gasteiger partial charge in [-0.25, -0.2) is 19.7 Å². The largest absolute Gasteiger partial charge is 0.490 e. The zero-order valence-corrected chi connectivity index (χ0v) is 20.4. The number of hydrogen-bond donors (Lipinski definition) is 1. The Hall–Kier alpha value is -3.60. The highest BCUT2D eigenvalue weighted by Gasteiger charge is 2.17. The average Bonchev–Trinajstić information content (AvgIpc) is 3.19. The molecule has 2 aromatic carbocycles. The van der Waals surface area contributed by atoms with Crippen LogP contribution in [0.25, 0.3) is 31.8 Å². The number of thiazole rings is 1. The van der Waals surface area contributed by atoms with Gasteiger partial charge in [0.2, 0.25) is 5.88 Å². The SMILES string of the molecule is Cc1cc(-c2nc3cccc(OCCNC(=O)OC(C)(C)C)c3s2)c2ncc(OC(F)F)nc2c1. The molecule has 4 rings (SSSR count). The van der Waals surface area contributed by atoms with E-state index in [1.807, 2.05) is 31.2 Å². The van der Waals surface area contributed by atoms with E-state index in [0.29, 0.717) is 21.8 Å². The van der Waals surface area contributed by atoms with Gasteiger partial charge in [0.25, 0.3) is 0 Å². The van der Waals surface area contributed by atoms with Crippen LogP contribution in [0.5, 0.6) is 11.6 Å². The second kappa shape index (κ2) is 9.95. The van der Waals surface area contributed by atoms with Crippen LogP contribution in [0.15, 0.2) is 36.5 Å². The highest BCUT2D eigenvalue weighted by molar-refractivity contribution is 7.22. The fraction of sp³-hybridized carbons (Fsp3) is 0.333. The molecular weight excluding hydrogens is 478 g/mol. The number of alkyl carbamates (subject to hydrolysis) is 1. The maximum Gasteiger partial charge on any atom is 0.407 e. The van der Waals surface area contributed by atoms with Gasteiger partial charge in [-0.05, 0) is 57.5 Å². The number of rotatable bonds is 7. The molecule has 0 fully saturated rings. The Kier molecular flexibility index (Phi) is 6.97. The maximum absolute atomic E-state index is 12.6. The van der Waals surface area contributed by atoms with E-state index in [1.165, 1.54) is 17.5 Å². The van der Waals surface area contributed by atoms with Gasteiger partial charge in [-0.2, -0.15) is 8.78 Å². The van der Waals surface area contributed by atoms with E-state index in [2.05, 4.69) is 20.0 Å². The van der Waals surface area contributed by atoms with Crippen LogP contribution < -0.4 is 14.8 Å². The smallest absolute Gasteiger partial charge is 0.407 e. The summed E-state index contributed by atoms with van der Waals surface area (Å²) >= 11 is 1.42. The predicted molar refractivity (Wildman–Crippen MR) is 129 cm³/mol. The molecule has 0 atom stereocenters. The van der Waals surface area contributed by atoms with Crippen LogP contribution in [-0.4, -0.2) is 46.4 Å². The minimum absolute atomic E-state index is 0.246. The molecule has 8 nitrogen and oxygen atoms in total. The molecule has 35 heavy (non-hydrogen) atoms. The van der Waals surface area contributed by atoms with Crippen LogP contribution >= 0.6 is 11.3 Å². The summed E-state index contributed by atoms with van der Waals surface area (Å²) in [5.41, 5.74) is 2.73. The first-order valence-corrected chi connectivity index (χ1v) is 11.6. The monoisotopic (exact) mass is 502 g/mol. The first-order valence-electron chi connectivity index (χ1n) is 10.8. The van der Waals surface area contributed by atoms with Crippen molar-refractivity contribution in [3.63, 3.8) is 0 Å². The van der Waals surface area contributed by atoms with Gasteiger partial charge in [-0.15, -0.1) is 11.3 Å². The normalized spacial score (nSPS) is 11.7. The number of ether oxygens (including phenoxy) is 3. The van der Waals surface area contributed by atoms with Gasteiger partial charge in [0.15, 0.2) is 0 Å². The Morgan fingerprint density at radius 2 is 1.97 bits per heavy atom. The lowest BCUT2D eigenvalue weighted by Gasteiger charge is -2.19. The molecule has 0 spiro atoms. The molecule has 0 bridgehead atoms. The topological polar surface area (TPSA) is 95.5 Å². The minimum Gasteiger partial charge on any atom is -0.490 e. The predicted octanol–water partition coefficient (Wildman–Crippen LogP) is 5.72. The molecule has 0 aliphatic heterocycles. The van der Waals surface area contributed by atoms with Crippen molar-refractivity contribution >= 4 is 38.7 Å². The van der Waals surface area contributed by atoms with Crippen LogP contribution in [0.3, 0.4) is 0 Å². The number of hydrogen-bond acceptors (Lipinski definition) is 8. The Bertz CT molecular complexity index is 1370. The third-order valence-corrected chi connectivity index (χ3v) is 5.73. The van der Waals surface area contributed by atoms with Gasteiger partial charge in [-0.1, -0.05) is 6.07 Å². The lowest BCUT2D eigenvalue weighted by atomic mass is 10.1. The summed E-state index contributed by atoms with van der Waals surface area (Å²) in [5.74, 6) is 0.386. The van der Waals surface area contributed by atoms with E-state index < -0.39 is 18.3 Å². The number of halogens is 2. The summed E-state index contributed by atoms with van der Waals surface area (Å²) in [5, 5.41) is 3.35. The van der Waals surface area contributed by atoms with Gasteiger partial charge in [0.1, 0.15) is 23.0 Å². The van der Waals surface area contributed by atoms with Crippen LogP contribution in [0.1, 0.15) is 26.3 Å². The number of aryl methyl sites for hydroxylation is 1. The first kappa shape index (κ1) is 24.5. The van der Waals surface area contributed by atoms with Crippen LogP contribution in [0.4, 0.5) is 13.6 Å². The highest BCUT2D eigenvalue weighted by Crippen LogP contribution is 2.38. The van der Waals surface area contributed by atoms with E-state index in [1.54, 1.807) is 26.8 Å². The molecule has 0 radical (unpaired) electrons. The summed E-state index contributed by atoms with van der Waals surface area (Å²) in [4.78, 5) is 25.0. The quantitative estimate of drug-likeness (QED) is 0.323. The van der Waals surface area contributed by atoms with Gasteiger partial charge < -0.3 is 19.5 Å². The summed E-state index contributed by atoms with van der Waals surface area (Å²) < 4.78 is 41.5. The molecule has 184 valence electrons. The molecule has 2 aromatic heterocycles. The number of nitrogens with one attached hydrogen (secondary N) is 1. The second-order valence-corrected chi connectivity index (χ2v) is 9.67. The van der Waals surface area contributed by atoms with Crippen molar-refractivity contribution in [2.45, 2.75) is 39.9 Å². The molecule has 2 heterocycles. The van der Waals surface area contributed by atoms with Crippen molar-refractivity contribution in [1.29, 1.82) is 0 Å². The number of nitrogens with zero attached hydrogens (tertiary/aromatic N) is 3. The molecule has 1 amide bonds. The van der Waals surface area contributed by atoms with E-state index in [9.17, 15) is 13.6 Å². The Morgan fingerprint density at radius 1 is 1.17 bits per heavy atom. The Morgan fingerprint density at radius 3 is 2.71 bits per heavy atom. The number of carbonyl (C=O) groups excluding carboxylic acids is 1. The Labute approximate surface area is 204 Å². The fourth-order valence-electron chi connectivity index (χ4n) is 3.34. The van der Waals surface area contributed by atoms with Crippen molar-refractivity contribution in [2.75, 3.05) is 13.2 Å². The average molecular weight is 503 g/mol. The summed E-state index contributed by atoms with van der Waals surface area (Å²) in [6, 6.07) is 9.22. The third kappa shape index (κ3) is 6.10. The van der Waals surface area contributed by atoms with Crippen LogP contribution in [0.2, 0.25) is 0 Å². The standard InChI is InChI=1S/C24H24F2N4O4S/c1-13-10-14(19-16(11-13)29-18(12-28-19)33-22(25)26)21-30-15-6-5-7-17(20(15)35-21)32-9-8-27-23(31)34-24(2,3)4/h5-7,10-12,22H,8-9H2,1-4H3,(H,27,31). The van der Waals surface area contributed by atoms with E-state index >= 15 is 0 Å². The number of benzene rings is 2. The van der Waals surface area contributed by atoms with E-state index in [4.69, 9.17) is 14.5 Å². The van der Waals surface area contributed by atoms with Gasteiger partial charge >= 0.3 is 12.7 Å². The third-order valence-electron chi connectivity index (χ3n) is 4.62. The molecule has 0 saturated carbocycles. The molecule has 0 aliphatic carbocycles. The number of fused-ring (bicyclic) bond motifs is 2. The molecule has 0 aliphatic rings. The van der Waals surface area contributed by atoms with Crippen molar-refractivity contribution in [3.05, 3.63) is 42.1 Å². The lowest BCUT2D eigenvalue weighted by Crippen LogP contribution is -2.34. The van der Waals surface area contributed by atoms with Crippen molar-refractivity contribution in [1.82, 2.24) is 20.3 Å². The maximum atomic E-state index is 12.6. The van der Waals surface area contributed by atoms with E-state index in [0.717, 1.165) is 21.3 Å².